The molecule has 4 N–H and O–H groups in total. The highest BCUT2D eigenvalue weighted by Crippen LogP contribution is 2.39. The Hall–Kier alpha value is -6.25. The van der Waals surface area contributed by atoms with Crippen LogP contribution in [-0.4, -0.2) is 126 Å². The van der Waals surface area contributed by atoms with Gasteiger partial charge in [0, 0.05) is 99.0 Å². The van der Waals surface area contributed by atoms with Crippen molar-refractivity contribution in [1.82, 2.24) is 30.0 Å². The van der Waals surface area contributed by atoms with Gasteiger partial charge in [-0.1, -0.05) is 41.6 Å². The fraction of sp³-hybridized carbons (Fsp3) is 0.388. The molecule has 69 heavy (non-hydrogen) atoms. The third-order valence-electron chi connectivity index (χ3n) is 12.7. The second kappa shape index (κ2) is 21.2. The van der Waals surface area contributed by atoms with Crippen molar-refractivity contribution in [3.8, 4) is 11.8 Å². The van der Waals surface area contributed by atoms with Crippen LogP contribution in [0.25, 0.3) is 0 Å². The highest BCUT2D eigenvalue weighted by Gasteiger charge is 2.40. The molecule has 1 unspecified atom stereocenters. The van der Waals surface area contributed by atoms with Crippen LogP contribution >= 0.6 is 18.7 Å². The van der Waals surface area contributed by atoms with Gasteiger partial charge >= 0.3 is 6.18 Å². The largest absolute Gasteiger partial charge is 0.409 e. The predicted molar refractivity (Wildman–Crippen MR) is 261 cm³/mol. The van der Waals surface area contributed by atoms with Crippen molar-refractivity contribution in [2.75, 3.05) is 80.0 Å². The summed E-state index contributed by atoms with van der Waals surface area (Å²) in [5.74, 6) is 5.07. The van der Waals surface area contributed by atoms with Crippen LogP contribution in [0.3, 0.4) is 0 Å². The second-order valence-corrected chi connectivity index (χ2v) is 21.4. The monoisotopic (exact) mass is 984 g/mol. The van der Waals surface area contributed by atoms with E-state index in [4.69, 9.17) is 11.6 Å². The fourth-order valence-corrected chi connectivity index (χ4v) is 10.5. The van der Waals surface area contributed by atoms with E-state index in [2.05, 4.69) is 57.8 Å². The van der Waals surface area contributed by atoms with E-state index in [0.717, 1.165) is 63.1 Å². The van der Waals surface area contributed by atoms with Crippen molar-refractivity contribution in [3.05, 3.63) is 101 Å². The smallest absolute Gasteiger partial charge is 0.370 e. The number of carbonyl (C=O) groups is 4. The Kier molecular flexibility index (Phi) is 15.1. The number of nitrogens with one attached hydrogen (secondary N) is 4. The SMILES string of the molecule is CP(C)(=O)c1ccccc1Nc1nc(Nc2ccc(N3CCC(N4CCN(CCCC#Cc5cccc6c5CN(C5CCC(=O)NC5=O)C6=O)CC4)CC3)c(NC(=O)/C=C/C(F)(F)F)c2)ncc1Cl. The zero-order valence-corrected chi connectivity index (χ0v) is 39.9. The second-order valence-electron chi connectivity index (χ2n) is 17.8. The first-order valence-corrected chi connectivity index (χ1v) is 25.9. The molecule has 8 rings (SSSR count). The van der Waals surface area contributed by atoms with Crippen LogP contribution in [0.5, 0.6) is 0 Å². The Bertz CT molecular complexity index is 2760. The standard InChI is InChI=1S/C49H53ClF3N10O5P/c1-69(2,68)42-13-6-5-12-38(42)57-45-37(50)30-54-48(59-45)55-33-14-15-40(39(29-33)56-44(65)18-21-49(51,52)53)62-23-19-34(20-24-62)61-27-25-60(26-28-61)22-7-3-4-9-32-10-8-11-35-36(32)31-63(47(35)67)41-16-17-43(64)58-46(41)66/h5-6,8,10-15,18,21,29-30,34,41H,3,7,16-17,19-20,22-28,31H2,1-2H3,(H,56,65)(H,58,64,66)(H2,54,55,57,59)/b21-18+. The van der Waals surface area contributed by atoms with Crippen molar-refractivity contribution < 1.29 is 36.9 Å². The zero-order chi connectivity index (χ0) is 48.9. The number of rotatable bonds is 13. The molecule has 0 aliphatic carbocycles. The highest BCUT2D eigenvalue weighted by atomic mass is 35.5. The van der Waals surface area contributed by atoms with Crippen LogP contribution in [0.15, 0.2) is 79.0 Å². The van der Waals surface area contributed by atoms with Crippen LogP contribution in [0.1, 0.15) is 60.0 Å². The number of para-hydroxylation sites is 1. The maximum atomic E-state index is 13.2. The van der Waals surface area contributed by atoms with E-state index < -0.39 is 31.2 Å². The first-order chi connectivity index (χ1) is 33.0. The number of piperazine rings is 1. The molecule has 15 nitrogen and oxygen atoms in total. The van der Waals surface area contributed by atoms with Crippen LogP contribution in [-0.2, 0) is 25.5 Å². The lowest BCUT2D eigenvalue weighted by Crippen LogP contribution is -2.53. The van der Waals surface area contributed by atoms with Crippen molar-refractivity contribution in [1.29, 1.82) is 0 Å². The van der Waals surface area contributed by atoms with Gasteiger partial charge in [-0.25, -0.2) is 4.98 Å². The first-order valence-electron chi connectivity index (χ1n) is 22.9. The topological polar surface area (TPSA) is 172 Å². The number of hydrogen-bond donors (Lipinski definition) is 4. The first kappa shape index (κ1) is 49.2. The van der Waals surface area contributed by atoms with Crippen LogP contribution in [0.4, 0.5) is 47.7 Å². The third kappa shape index (κ3) is 12.3. The summed E-state index contributed by atoms with van der Waals surface area (Å²) in [5, 5.41) is 12.1. The maximum Gasteiger partial charge on any atom is 0.409 e. The lowest BCUT2D eigenvalue weighted by molar-refractivity contribution is -0.137. The normalized spacial score (nSPS) is 18.5. The van der Waals surface area contributed by atoms with Crippen LogP contribution in [0.2, 0.25) is 5.02 Å². The minimum Gasteiger partial charge on any atom is -0.370 e. The quantitative estimate of drug-likeness (QED) is 0.0353. The number of imide groups is 1. The molecule has 4 aromatic rings. The molecule has 20 heteroatoms. The number of piperidine rings is 2. The molecule has 4 aliphatic rings. The van der Waals surface area contributed by atoms with E-state index in [1.807, 2.05) is 18.2 Å². The van der Waals surface area contributed by atoms with Gasteiger partial charge in [0.25, 0.3) is 5.91 Å². The number of benzene rings is 3. The van der Waals surface area contributed by atoms with E-state index in [1.165, 1.54) is 6.20 Å². The lowest BCUT2D eigenvalue weighted by atomic mass is 10.0. The number of alkyl halides is 3. The molecule has 4 amide bonds. The van der Waals surface area contributed by atoms with Gasteiger partial charge in [-0.2, -0.15) is 18.2 Å². The van der Waals surface area contributed by atoms with E-state index in [9.17, 15) is 36.9 Å². The third-order valence-corrected chi connectivity index (χ3v) is 14.6. The van der Waals surface area contributed by atoms with Gasteiger partial charge in [0.1, 0.15) is 18.2 Å². The summed E-state index contributed by atoms with van der Waals surface area (Å²) in [6.45, 7) is 9.57. The summed E-state index contributed by atoms with van der Waals surface area (Å²) in [4.78, 5) is 67.6. The van der Waals surface area contributed by atoms with Gasteiger partial charge in [0.05, 0.1) is 23.3 Å². The van der Waals surface area contributed by atoms with Crippen LogP contribution < -0.4 is 31.5 Å². The predicted octanol–water partition coefficient (Wildman–Crippen LogP) is 7.10. The van der Waals surface area contributed by atoms with Gasteiger partial charge in [-0.05, 0) is 93.6 Å². The molecule has 4 aliphatic heterocycles. The summed E-state index contributed by atoms with van der Waals surface area (Å²) in [6.07, 6.45) is 0.937. The number of halogens is 4. The summed E-state index contributed by atoms with van der Waals surface area (Å²) in [6, 6.07) is 17.5. The maximum absolute atomic E-state index is 13.2. The van der Waals surface area contributed by atoms with E-state index in [-0.39, 0.29) is 47.6 Å². The molecule has 362 valence electrons. The summed E-state index contributed by atoms with van der Waals surface area (Å²) in [7, 11) is -2.65. The minimum absolute atomic E-state index is 0.100. The lowest BCUT2D eigenvalue weighted by Gasteiger charge is -2.43. The Morgan fingerprint density at radius 2 is 1.72 bits per heavy atom. The number of carbonyl (C=O) groups excluding carboxylic acids is 4. The van der Waals surface area contributed by atoms with E-state index in [0.29, 0.717) is 71.7 Å². The number of unbranched alkanes of at least 4 members (excludes halogenated alkanes) is 1. The summed E-state index contributed by atoms with van der Waals surface area (Å²) in [5.41, 5.74) is 4.17. The van der Waals surface area contributed by atoms with Gasteiger partial charge in [0.15, 0.2) is 5.82 Å². The number of nitrogens with zero attached hydrogens (tertiary/aromatic N) is 6. The molecule has 0 bridgehead atoms. The summed E-state index contributed by atoms with van der Waals surface area (Å²) >= 11 is 6.46. The molecular formula is C49H53ClF3N10O5P. The minimum atomic E-state index is -4.66. The fourth-order valence-electron chi connectivity index (χ4n) is 9.23. The van der Waals surface area contributed by atoms with Gasteiger partial charge in [0.2, 0.25) is 23.7 Å². The Morgan fingerprint density at radius 1 is 0.957 bits per heavy atom. The Labute approximate surface area is 403 Å². The van der Waals surface area contributed by atoms with E-state index in [1.54, 1.807) is 60.7 Å². The highest BCUT2D eigenvalue weighted by molar-refractivity contribution is 7.70. The molecule has 1 aromatic heterocycles. The summed E-state index contributed by atoms with van der Waals surface area (Å²) < 4.78 is 52.0. The molecule has 1 atom stereocenters. The van der Waals surface area contributed by atoms with Gasteiger partial charge in [-0.15, -0.1) is 0 Å². The molecule has 0 saturated carbocycles. The zero-order valence-electron chi connectivity index (χ0n) is 38.2. The van der Waals surface area contributed by atoms with Crippen molar-refractivity contribution >= 4 is 82.2 Å². The molecule has 3 fully saturated rings. The molecule has 0 radical (unpaired) electrons. The molecular weight excluding hydrogens is 932 g/mol. The van der Waals surface area contributed by atoms with Crippen molar-refractivity contribution in [2.45, 2.75) is 63.3 Å². The van der Waals surface area contributed by atoms with Crippen LogP contribution in [0, 0.1) is 11.8 Å². The number of hydrogen-bond acceptors (Lipinski definition) is 12. The Balaban J connectivity index is 0.842. The molecule has 0 spiro atoms. The van der Waals surface area contributed by atoms with Crippen molar-refractivity contribution in [2.24, 2.45) is 0 Å². The number of fused-ring (bicyclic) bond motifs is 1. The number of aromatic nitrogens is 2. The van der Waals surface area contributed by atoms with Crippen molar-refractivity contribution in [3.63, 3.8) is 0 Å². The van der Waals surface area contributed by atoms with Gasteiger partial charge in [-0.3, -0.25) is 29.4 Å². The average molecular weight is 985 g/mol. The molecule has 3 aromatic carbocycles. The van der Waals surface area contributed by atoms with E-state index >= 15 is 0 Å². The van der Waals surface area contributed by atoms with Gasteiger partial charge < -0.3 is 35.2 Å². The molecule has 5 heterocycles. The number of allylic oxidation sites excluding steroid dienone is 1. The number of anilines is 6. The number of amides is 4. The molecule has 3 saturated heterocycles. The average Bonchev–Trinajstić information content (AvgIpc) is 3.65. The Morgan fingerprint density at radius 3 is 2.46 bits per heavy atom.